The zero-order valence-electron chi connectivity index (χ0n) is 21.5. The van der Waals surface area contributed by atoms with Gasteiger partial charge in [-0.15, -0.1) is 0 Å². The maximum atomic E-state index is 12.6. The lowest BCUT2D eigenvalue weighted by Gasteiger charge is -2.51. The Morgan fingerprint density at radius 1 is 1.03 bits per heavy atom. The summed E-state index contributed by atoms with van der Waals surface area (Å²) in [5.41, 5.74) is 1.80. The summed E-state index contributed by atoms with van der Waals surface area (Å²) < 4.78 is 14.2. The third-order valence-electron chi connectivity index (χ3n) is 8.67. The molecule has 194 valence electrons. The third kappa shape index (κ3) is 4.41. The van der Waals surface area contributed by atoms with Gasteiger partial charge in [-0.2, -0.15) is 0 Å². The minimum absolute atomic E-state index is 0.123. The second kappa shape index (κ2) is 9.42. The number of carbonyl (C=O) groups excluding carboxylic acids is 1. The highest BCUT2D eigenvalue weighted by Gasteiger charge is 2.41. The number of aromatic nitrogens is 2. The molecule has 3 aromatic rings. The molecular formula is C29H35N5O3. The molecular weight excluding hydrogens is 466 g/mol. The van der Waals surface area contributed by atoms with E-state index in [1.807, 2.05) is 53.7 Å². The zero-order valence-corrected chi connectivity index (χ0v) is 21.5. The Morgan fingerprint density at radius 2 is 1.81 bits per heavy atom. The number of likely N-dealkylation sites (tertiary alicyclic amines) is 2. The smallest absolute Gasteiger partial charge is 0.253 e. The number of hydrogen-bond acceptors (Lipinski definition) is 6. The van der Waals surface area contributed by atoms with Gasteiger partial charge in [-0.1, -0.05) is 0 Å². The Hall–Kier alpha value is -2.94. The van der Waals surface area contributed by atoms with Crippen LogP contribution in [0.2, 0.25) is 0 Å². The van der Waals surface area contributed by atoms with E-state index < -0.39 is 0 Å². The number of nitrogens with zero attached hydrogens (tertiary/aromatic N) is 5. The maximum absolute atomic E-state index is 12.6. The van der Waals surface area contributed by atoms with Crippen LogP contribution >= 0.6 is 0 Å². The van der Waals surface area contributed by atoms with Crippen LogP contribution in [0.1, 0.15) is 43.0 Å². The third-order valence-corrected chi connectivity index (χ3v) is 8.67. The van der Waals surface area contributed by atoms with Gasteiger partial charge in [0, 0.05) is 62.8 Å². The van der Waals surface area contributed by atoms with Crippen molar-refractivity contribution in [3.8, 4) is 11.6 Å². The molecule has 5 fully saturated rings. The highest BCUT2D eigenvalue weighted by atomic mass is 16.5. The fraction of sp³-hybridized carbons (Fsp3) is 0.517. The fourth-order valence-electron chi connectivity index (χ4n) is 6.24. The van der Waals surface area contributed by atoms with E-state index in [-0.39, 0.29) is 12.0 Å². The monoisotopic (exact) mass is 501 g/mol. The average Bonchev–Trinajstić information content (AvgIpc) is 3.31. The number of pyridine rings is 1. The molecule has 8 heteroatoms. The molecule has 7 heterocycles. The first-order chi connectivity index (χ1) is 18.1. The first-order valence-electron chi connectivity index (χ1n) is 13.8. The maximum Gasteiger partial charge on any atom is 0.253 e. The number of ether oxygens (including phenoxy) is 2. The number of amides is 1. The van der Waals surface area contributed by atoms with E-state index in [1.165, 1.54) is 6.42 Å². The summed E-state index contributed by atoms with van der Waals surface area (Å²) in [6, 6.07) is 12.0. The molecule has 3 unspecified atom stereocenters. The van der Waals surface area contributed by atoms with E-state index in [0.717, 1.165) is 86.6 Å². The van der Waals surface area contributed by atoms with Gasteiger partial charge in [0.25, 0.3) is 5.91 Å². The molecule has 8 nitrogen and oxygen atoms in total. The quantitative estimate of drug-likeness (QED) is 0.515. The topological polar surface area (TPSA) is 63.1 Å². The lowest BCUT2D eigenvalue weighted by atomic mass is 9.98. The van der Waals surface area contributed by atoms with Gasteiger partial charge in [-0.05, 0) is 62.6 Å². The van der Waals surface area contributed by atoms with Crippen molar-refractivity contribution in [2.45, 2.75) is 57.1 Å². The van der Waals surface area contributed by atoms with Gasteiger partial charge >= 0.3 is 0 Å². The van der Waals surface area contributed by atoms with Gasteiger partial charge in [0.05, 0.1) is 30.1 Å². The number of morpholine rings is 1. The Kier molecular flexibility index (Phi) is 5.91. The number of piperidine rings is 2. The molecule has 5 saturated heterocycles. The highest BCUT2D eigenvalue weighted by Crippen LogP contribution is 2.31. The lowest BCUT2D eigenvalue weighted by Crippen LogP contribution is -2.62. The lowest BCUT2D eigenvalue weighted by molar-refractivity contribution is -0.198. The number of hydrogen-bond donors (Lipinski definition) is 0. The van der Waals surface area contributed by atoms with Gasteiger partial charge in [-0.25, -0.2) is 4.98 Å². The molecule has 1 aromatic carbocycles. The van der Waals surface area contributed by atoms with Crippen molar-refractivity contribution in [3.05, 3.63) is 54.4 Å². The normalized spacial score (nSPS) is 25.5. The van der Waals surface area contributed by atoms with Crippen molar-refractivity contribution in [2.24, 2.45) is 0 Å². The average molecular weight is 502 g/mol. The van der Waals surface area contributed by atoms with E-state index in [4.69, 9.17) is 14.5 Å². The Labute approximate surface area is 217 Å². The molecule has 0 aliphatic carbocycles. The summed E-state index contributed by atoms with van der Waals surface area (Å²) in [4.78, 5) is 24.3. The van der Waals surface area contributed by atoms with Crippen molar-refractivity contribution < 1.29 is 14.3 Å². The van der Waals surface area contributed by atoms with Crippen LogP contribution < -0.4 is 4.74 Å². The van der Waals surface area contributed by atoms with E-state index in [1.54, 1.807) is 0 Å². The van der Waals surface area contributed by atoms with E-state index >= 15 is 0 Å². The van der Waals surface area contributed by atoms with Crippen molar-refractivity contribution in [1.29, 1.82) is 0 Å². The molecule has 0 saturated carbocycles. The van der Waals surface area contributed by atoms with Crippen LogP contribution in [-0.2, 0) is 4.74 Å². The predicted molar refractivity (Wildman–Crippen MR) is 141 cm³/mol. The fourth-order valence-corrected chi connectivity index (χ4v) is 6.24. The van der Waals surface area contributed by atoms with E-state index in [9.17, 15) is 4.79 Å². The van der Waals surface area contributed by atoms with Crippen LogP contribution in [-0.4, -0.2) is 93.9 Å². The number of carbonyl (C=O) groups is 1. The van der Waals surface area contributed by atoms with Crippen LogP contribution in [0, 0.1) is 0 Å². The van der Waals surface area contributed by atoms with Crippen molar-refractivity contribution in [1.82, 2.24) is 24.3 Å². The van der Waals surface area contributed by atoms with Crippen molar-refractivity contribution in [3.63, 3.8) is 0 Å². The largest absolute Gasteiger partial charge is 0.489 e. The number of rotatable bonds is 6. The van der Waals surface area contributed by atoms with Crippen LogP contribution in [0.25, 0.3) is 16.7 Å². The molecule has 8 rings (SSSR count). The number of fused-ring (bicyclic) bond motifs is 3. The SMILES string of the molecule is CC(N1CCC(Oc2ccc(-n3ccc4cc(C(=O)N5CCC5)ccc43)nc2)CC1)N1CC2CC(C1)O2. The standard InChI is InChI=1S/C29H35N5O3/c1-20(33-18-25-16-26(19-33)37-25)31-12-8-23(9-13-31)36-24-4-6-28(30-17-24)34-14-7-21-15-22(3-5-27(21)34)29(35)32-10-2-11-32/h3-7,14-15,17,20,23,25-26H,2,8-13,16,18-19H2,1H3. The van der Waals surface area contributed by atoms with Gasteiger partial charge in [0.15, 0.2) is 0 Å². The summed E-state index contributed by atoms with van der Waals surface area (Å²) in [5.74, 6) is 1.79. The molecule has 0 spiro atoms. The first kappa shape index (κ1) is 23.2. The Bertz CT molecular complexity index is 1260. The van der Waals surface area contributed by atoms with E-state index in [2.05, 4.69) is 21.3 Å². The van der Waals surface area contributed by atoms with Crippen molar-refractivity contribution >= 4 is 16.8 Å². The summed E-state index contributed by atoms with van der Waals surface area (Å²) in [7, 11) is 0. The first-order valence-corrected chi connectivity index (χ1v) is 13.8. The molecule has 2 aromatic heterocycles. The van der Waals surface area contributed by atoms with Gasteiger partial charge in [0.1, 0.15) is 17.7 Å². The highest BCUT2D eigenvalue weighted by molar-refractivity contribution is 5.98. The summed E-state index contributed by atoms with van der Waals surface area (Å²) in [6.07, 6.45) is 9.86. The Morgan fingerprint density at radius 3 is 2.49 bits per heavy atom. The molecule has 1 amide bonds. The second-order valence-electron chi connectivity index (χ2n) is 11.0. The van der Waals surface area contributed by atoms with Crippen molar-refractivity contribution in [2.75, 3.05) is 39.3 Å². The van der Waals surface area contributed by atoms with Gasteiger partial charge < -0.3 is 18.9 Å². The van der Waals surface area contributed by atoms with E-state index in [0.29, 0.717) is 18.4 Å². The summed E-state index contributed by atoms with van der Waals surface area (Å²) >= 11 is 0. The van der Waals surface area contributed by atoms with Crippen LogP contribution in [0.15, 0.2) is 48.8 Å². The molecule has 37 heavy (non-hydrogen) atoms. The minimum Gasteiger partial charge on any atom is -0.489 e. The van der Waals surface area contributed by atoms with Crippen LogP contribution in [0.5, 0.6) is 5.75 Å². The molecule has 3 atom stereocenters. The molecule has 5 aliphatic rings. The molecule has 0 N–H and O–H groups in total. The Balaban J connectivity index is 0.959. The summed E-state index contributed by atoms with van der Waals surface area (Å²) in [5, 5.41) is 1.04. The minimum atomic E-state index is 0.123. The molecule has 5 aliphatic heterocycles. The molecule has 2 bridgehead atoms. The van der Waals surface area contributed by atoms with Gasteiger partial charge in [-0.3, -0.25) is 14.6 Å². The van der Waals surface area contributed by atoms with Crippen LogP contribution in [0.4, 0.5) is 0 Å². The number of benzene rings is 1. The molecule has 0 radical (unpaired) electrons. The second-order valence-corrected chi connectivity index (χ2v) is 11.0. The summed E-state index contributed by atoms with van der Waals surface area (Å²) in [6.45, 7) is 8.32. The predicted octanol–water partition coefficient (Wildman–Crippen LogP) is 3.53. The van der Waals surface area contributed by atoms with Crippen LogP contribution in [0.3, 0.4) is 0 Å². The van der Waals surface area contributed by atoms with Gasteiger partial charge in [0.2, 0.25) is 0 Å². The zero-order chi connectivity index (χ0) is 24.9.